The number of nitrogens with two attached hydrogens (primary N) is 1. The molecule has 1 aromatic carbocycles. The van der Waals surface area contributed by atoms with Gasteiger partial charge in [-0.1, -0.05) is 11.6 Å². The molecule has 1 amide bonds. The molecule has 0 saturated heterocycles. The Morgan fingerprint density at radius 3 is 2.83 bits per heavy atom. The van der Waals surface area contributed by atoms with E-state index in [2.05, 4.69) is 5.32 Å². The van der Waals surface area contributed by atoms with Crippen molar-refractivity contribution in [2.45, 2.75) is 31.3 Å². The molecule has 1 aliphatic rings. The van der Waals surface area contributed by atoms with Crippen molar-refractivity contribution in [3.05, 3.63) is 28.8 Å². The second-order valence-electron chi connectivity index (χ2n) is 4.59. The average molecular weight is 269 g/mol. The van der Waals surface area contributed by atoms with Crippen molar-refractivity contribution in [1.29, 1.82) is 0 Å². The lowest BCUT2D eigenvalue weighted by atomic mass is 10.1. The van der Waals surface area contributed by atoms with Crippen molar-refractivity contribution in [3.63, 3.8) is 0 Å². The third-order valence-electron chi connectivity index (χ3n) is 3.23. The molecule has 98 valence electrons. The second kappa shape index (κ2) is 5.59. The number of rotatable bonds is 3. The standard InChI is InChI=1S/C13H17ClN2O2/c1-18-10-4-5-11(12(14)7-10)13(17)16-9-3-2-8(15)6-9/h4-5,7-9H,2-3,6,15H2,1H3,(H,16,17). The van der Waals surface area contributed by atoms with Crippen LogP contribution in [0.15, 0.2) is 18.2 Å². The highest BCUT2D eigenvalue weighted by Crippen LogP contribution is 2.23. The molecule has 0 bridgehead atoms. The van der Waals surface area contributed by atoms with Crippen LogP contribution in [0.1, 0.15) is 29.6 Å². The Kier molecular flexibility index (Phi) is 4.09. The zero-order chi connectivity index (χ0) is 13.1. The van der Waals surface area contributed by atoms with E-state index in [9.17, 15) is 4.79 Å². The van der Waals surface area contributed by atoms with Gasteiger partial charge in [-0.05, 0) is 37.5 Å². The summed E-state index contributed by atoms with van der Waals surface area (Å²) >= 11 is 6.05. The second-order valence-corrected chi connectivity index (χ2v) is 5.00. The highest BCUT2D eigenvalue weighted by atomic mass is 35.5. The number of methoxy groups -OCH3 is 1. The molecule has 1 aromatic rings. The minimum absolute atomic E-state index is 0.151. The summed E-state index contributed by atoms with van der Waals surface area (Å²) in [6.07, 6.45) is 2.72. The Hall–Kier alpha value is -1.26. The Morgan fingerprint density at radius 1 is 1.50 bits per heavy atom. The molecule has 0 aliphatic heterocycles. The van der Waals surface area contributed by atoms with E-state index in [-0.39, 0.29) is 18.0 Å². The number of amides is 1. The van der Waals surface area contributed by atoms with Crippen molar-refractivity contribution in [3.8, 4) is 5.75 Å². The van der Waals surface area contributed by atoms with Crippen LogP contribution >= 0.6 is 11.6 Å². The summed E-state index contributed by atoms with van der Waals surface area (Å²) in [7, 11) is 1.56. The topological polar surface area (TPSA) is 64.3 Å². The number of carbonyl (C=O) groups is 1. The largest absolute Gasteiger partial charge is 0.497 e. The van der Waals surface area contributed by atoms with Crippen LogP contribution in [0.4, 0.5) is 0 Å². The van der Waals surface area contributed by atoms with Crippen LogP contribution in [0.5, 0.6) is 5.75 Å². The number of halogens is 1. The first-order valence-electron chi connectivity index (χ1n) is 6.00. The van der Waals surface area contributed by atoms with Crippen molar-refractivity contribution < 1.29 is 9.53 Å². The zero-order valence-corrected chi connectivity index (χ0v) is 11.0. The highest BCUT2D eigenvalue weighted by Gasteiger charge is 2.24. The van der Waals surface area contributed by atoms with Crippen LogP contribution in [-0.2, 0) is 0 Å². The van der Waals surface area contributed by atoms with Crippen molar-refractivity contribution in [1.82, 2.24) is 5.32 Å². The molecule has 3 N–H and O–H groups in total. The van der Waals surface area contributed by atoms with E-state index in [1.54, 1.807) is 25.3 Å². The van der Waals surface area contributed by atoms with E-state index in [4.69, 9.17) is 22.1 Å². The lowest BCUT2D eigenvalue weighted by molar-refractivity contribution is 0.0938. The van der Waals surface area contributed by atoms with Gasteiger partial charge in [0.05, 0.1) is 17.7 Å². The molecule has 0 heterocycles. The molecule has 0 spiro atoms. The number of benzene rings is 1. The maximum atomic E-state index is 12.1. The Labute approximate surface area is 111 Å². The number of ether oxygens (including phenoxy) is 1. The smallest absolute Gasteiger partial charge is 0.253 e. The molecular weight excluding hydrogens is 252 g/mol. The van der Waals surface area contributed by atoms with Gasteiger partial charge in [0.25, 0.3) is 5.91 Å². The first-order chi connectivity index (χ1) is 8.60. The van der Waals surface area contributed by atoms with Gasteiger partial charge in [-0.25, -0.2) is 0 Å². The van der Waals surface area contributed by atoms with E-state index < -0.39 is 0 Å². The minimum Gasteiger partial charge on any atom is -0.497 e. The lowest BCUT2D eigenvalue weighted by Gasteiger charge is -2.13. The summed E-state index contributed by atoms with van der Waals surface area (Å²) in [6, 6.07) is 5.39. The molecule has 5 heteroatoms. The molecular formula is C13H17ClN2O2. The van der Waals surface area contributed by atoms with Gasteiger partial charge < -0.3 is 15.8 Å². The van der Waals surface area contributed by atoms with E-state index in [0.717, 1.165) is 19.3 Å². The Bertz CT molecular complexity index is 451. The van der Waals surface area contributed by atoms with Crippen molar-refractivity contribution >= 4 is 17.5 Å². The van der Waals surface area contributed by atoms with E-state index in [0.29, 0.717) is 16.3 Å². The van der Waals surface area contributed by atoms with Crippen LogP contribution < -0.4 is 15.8 Å². The molecule has 2 atom stereocenters. The normalized spacial score (nSPS) is 22.8. The summed E-state index contributed by atoms with van der Waals surface area (Å²) in [5.74, 6) is 0.487. The molecule has 2 unspecified atom stereocenters. The predicted molar refractivity (Wildman–Crippen MR) is 71.1 cm³/mol. The van der Waals surface area contributed by atoms with Gasteiger partial charge in [-0.15, -0.1) is 0 Å². The molecule has 18 heavy (non-hydrogen) atoms. The first-order valence-corrected chi connectivity index (χ1v) is 6.38. The van der Waals surface area contributed by atoms with E-state index in [1.165, 1.54) is 0 Å². The van der Waals surface area contributed by atoms with Gasteiger partial charge in [0.2, 0.25) is 0 Å². The number of carbonyl (C=O) groups excluding carboxylic acids is 1. The number of hydrogen-bond donors (Lipinski definition) is 2. The number of hydrogen-bond acceptors (Lipinski definition) is 3. The fourth-order valence-corrected chi connectivity index (χ4v) is 2.47. The van der Waals surface area contributed by atoms with Crippen LogP contribution in [0.2, 0.25) is 5.02 Å². The van der Waals surface area contributed by atoms with Gasteiger partial charge >= 0.3 is 0 Å². The Balaban J connectivity index is 2.04. The SMILES string of the molecule is COc1ccc(C(=O)NC2CCC(N)C2)c(Cl)c1. The zero-order valence-electron chi connectivity index (χ0n) is 10.3. The fraction of sp³-hybridized carbons (Fsp3) is 0.462. The van der Waals surface area contributed by atoms with Crippen molar-refractivity contribution in [2.24, 2.45) is 5.73 Å². The van der Waals surface area contributed by atoms with Gasteiger partial charge in [0.1, 0.15) is 5.75 Å². The van der Waals surface area contributed by atoms with Crippen LogP contribution in [0, 0.1) is 0 Å². The monoisotopic (exact) mass is 268 g/mol. The average Bonchev–Trinajstić information content (AvgIpc) is 2.74. The maximum absolute atomic E-state index is 12.1. The Morgan fingerprint density at radius 2 is 2.28 bits per heavy atom. The summed E-state index contributed by atoms with van der Waals surface area (Å²) in [5, 5.41) is 3.36. The molecule has 0 radical (unpaired) electrons. The van der Waals surface area contributed by atoms with E-state index >= 15 is 0 Å². The van der Waals surface area contributed by atoms with Crippen LogP contribution in [0.25, 0.3) is 0 Å². The molecule has 4 nitrogen and oxygen atoms in total. The van der Waals surface area contributed by atoms with Gasteiger partial charge in [0, 0.05) is 12.1 Å². The van der Waals surface area contributed by atoms with Crippen LogP contribution in [0.3, 0.4) is 0 Å². The summed E-state index contributed by atoms with van der Waals surface area (Å²) in [6.45, 7) is 0. The fourth-order valence-electron chi connectivity index (χ4n) is 2.22. The molecule has 0 aromatic heterocycles. The van der Waals surface area contributed by atoms with Gasteiger partial charge in [-0.3, -0.25) is 4.79 Å². The summed E-state index contributed by atoms with van der Waals surface area (Å²) < 4.78 is 5.04. The molecule has 1 aliphatic carbocycles. The number of nitrogens with one attached hydrogen (secondary N) is 1. The van der Waals surface area contributed by atoms with Crippen LogP contribution in [-0.4, -0.2) is 25.1 Å². The molecule has 2 rings (SSSR count). The van der Waals surface area contributed by atoms with Crippen molar-refractivity contribution in [2.75, 3.05) is 7.11 Å². The molecule has 1 fully saturated rings. The minimum atomic E-state index is -0.151. The van der Waals surface area contributed by atoms with E-state index in [1.807, 2.05) is 0 Å². The lowest BCUT2D eigenvalue weighted by Crippen LogP contribution is -2.34. The summed E-state index contributed by atoms with van der Waals surface area (Å²) in [5.41, 5.74) is 6.28. The van der Waals surface area contributed by atoms with Gasteiger partial charge in [0.15, 0.2) is 0 Å². The maximum Gasteiger partial charge on any atom is 0.253 e. The summed E-state index contributed by atoms with van der Waals surface area (Å²) in [4.78, 5) is 12.1. The van der Waals surface area contributed by atoms with Gasteiger partial charge in [-0.2, -0.15) is 0 Å². The highest BCUT2D eigenvalue weighted by molar-refractivity contribution is 6.34. The molecule has 1 saturated carbocycles. The quantitative estimate of drug-likeness (QED) is 0.881. The first kappa shape index (κ1) is 13.2. The predicted octanol–water partition coefficient (Wildman–Crippen LogP) is 1.96. The third kappa shape index (κ3) is 2.94. The third-order valence-corrected chi connectivity index (χ3v) is 3.54.